The van der Waals surface area contributed by atoms with E-state index in [1.807, 2.05) is 4.90 Å². The van der Waals surface area contributed by atoms with Crippen molar-refractivity contribution in [1.82, 2.24) is 10.6 Å². The summed E-state index contributed by atoms with van der Waals surface area (Å²) in [6.07, 6.45) is 2.31. The maximum absolute atomic E-state index is 14.8. The first-order valence-corrected chi connectivity index (χ1v) is 9.82. The largest absolute Gasteiger partial charge is 0.442 e. The van der Waals surface area contributed by atoms with Crippen LogP contribution in [0.25, 0.3) is 0 Å². The van der Waals surface area contributed by atoms with E-state index in [-0.39, 0.29) is 30.8 Å². The lowest BCUT2D eigenvalue weighted by molar-refractivity contribution is -0.121. The summed E-state index contributed by atoms with van der Waals surface area (Å²) in [6, 6.07) is 4.62. The van der Waals surface area contributed by atoms with E-state index in [0.717, 1.165) is 12.8 Å². The number of amides is 3. The van der Waals surface area contributed by atoms with Crippen LogP contribution in [0, 0.1) is 23.2 Å². The van der Waals surface area contributed by atoms with Crippen LogP contribution in [-0.4, -0.2) is 50.2 Å². The molecule has 0 aliphatic carbocycles. The molecule has 10 heteroatoms. The zero-order chi connectivity index (χ0) is 21.7. The highest BCUT2D eigenvalue weighted by Crippen LogP contribution is 2.31. The molecule has 9 nitrogen and oxygen atoms in total. The lowest BCUT2D eigenvalue weighted by Gasteiger charge is -2.33. The third-order valence-electron chi connectivity index (χ3n) is 5.32. The van der Waals surface area contributed by atoms with Crippen molar-refractivity contribution in [2.45, 2.75) is 32.3 Å². The summed E-state index contributed by atoms with van der Waals surface area (Å²) in [5.74, 6) is -0.779. The van der Waals surface area contributed by atoms with Gasteiger partial charge in [-0.05, 0) is 37.0 Å². The lowest BCUT2D eigenvalue weighted by atomic mass is 9.93. The Labute approximate surface area is 173 Å². The number of benzene rings is 1. The van der Waals surface area contributed by atoms with Crippen molar-refractivity contribution in [1.29, 1.82) is 5.26 Å². The number of carbonyl (C=O) groups excluding carboxylic acids is 3. The summed E-state index contributed by atoms with van der Waals surface area (Å²) in [6.45, 7) is 3.02. The standard InChI is InChI=1S/C20H24FN5O4/c1-13(27)23-10-16-11-26(20(29)30-16)15-2-3-18(17(21)9-15)25-6-4-14(5-7-25)8-19(28)24-12-22/h2-3,9,14,16H,4-8,10-11H2,1H3,(H,23,27)(H,24,28)/t16-/m0/s1. The molecule has 30 heavy (non-hydrogen) atoms. The van der Waals surface area contributed by atoms with Crippen LogP contribution in [0.3, 0.4) is 0 Å². The van der Waals surface area contributed by atoms with Crippen molar-refractivity contribution in [3.63, 3.8) is 0 Å². The molecule has 1 atom stereocenters. The first kappa shape index (κ1) is 21.4. The summed E-state index contributed by atoms with van der Waals surface area (Å²) < 4.78 is 20.0. The molecule has 0 bridgehead atoms. The van der Waals surface area contributed by atoms with Crippen LogP contribution in [0.2, 0.25) is 0 Å². The molecule has 0 saturated carbocycles. The third-order valence-corrected chi connectivity index (χ3v) is 5.32. The molecular weight excluding hydrogens is 393 g/mol. The Balaban J connectivity index is 1.58. The number of ether oxygens (including phenoxy) is 1. The summed E-state index contributed by atoms with van der Waals surface area (Å²) in [7, 11) is 0. The minimum absolute atomic E-state index is 0.164. The van der Waals surface area contributed by atoms with Gasteiger partial charge in [0.15, 0.2) is 6.19 Å². The zero-order valence-electron chi connectivity index (χ0n) is 16.7. The normalized spacial score (nSPS) is 19.2. The molecular formula is C20H24FN5O4. The van der Waals surface area contributed by atoms with Crippen molar-refractivity contribution in [2.75, 3.05) is 36.0 Å². The Hall–Kier alpha value is -3.35. The maximum Gasteiger partial charge on any atom is 0.414 e. The summed E-state index contributed by atoms with van der Waals surface area (Å²) in [4.78, 5) is 37.9. The molecule has 3 amide bonds. The van der Waals surface area contributed by atoms with Gasteiger partial charge in [0, 0.05) is 26.4 Å². The van der Waals surface area contributed by atoms with Gasteiger partial charge in [-0.1, -0.05) is 0 Å². The second-order valence-corrected chi connectivity index (χ2v) is 7.48. The molecule has 1 aromatic carbocycles. The number of nitriles is 1. The Kier molecular flexibility index (Phi) is 6.72. The first-order valence-electron chi connectivity index (χ1n) is 9.82. The molecule has 1 aromatic rings. The highest BCUT2D eigenvalue weighted by atomic mass is 19.1. The number of nitrogens with one attached hydrogen (secondary N) is 2. The summed E-state index contributed by atoms with van der Waals surface area (Å²) in [5, 5.41) is 13.2. The highest BCUT2D eigenvalue weighted by molar-refractivity contribution is 5.90. The van der Waals surface area contributed by atoms with Crippen LogP contribution in [0.5, 0.6) is 0 Å². The Bertz CT molecular complexity index is 863. The number of anilines is 2. The van der Waals surface area contributed by atoms with Gasteiger partial charge in [0.1, 0.15) is 11.9 Å². The summed E-state index contributed by atoms with van der Waals surface area (Å²) >= 11 is 0. The molecule has 3 rings (SSSR count). The van der Waals surface area contributed by atoms with E-state index in [2.05, 4.69) is 10.6 Å². The monoisotopic (exact) mass is 417 g/mol. The van der Waals surface area contributed by atoms with Crippen LogP contribution in [0.15, 0.2) is 18.2 Å². The molecule has 2 saturated heterocycles. The van der Waals surface area contributed by atoms with Gasteiger partial charge in [0.25, 0.3) is 0 Å². The predicted molar refractivity (Wildman–Crippen MR) is 106 cm³/mol. The van der Waals surface area contributed by atoms with Gasteiger partial charge >= 0.3 is 6.09 Å². The van der Waals surface area contributed by atoms with E-state index in [9.17, 15) is 18.8 Å². The number of nitrogens with zero attached hydrogens (tertiary/aromatic N) is 3. The SMILES string of the molecule is CC(=O)NC[C@H]1CN(c2ccc(N3CCC(CC(=O)NC#N)CC3)c(F)c2)C(=O)O1. The minimum atomic E-state index is -0.575. The highest BCUT2D eigenvalue weighted by Gasteiger charge is 2.33. The van der Waals surface area contributed by atoms with Gasteiger partial charge in [0.05, 0.1) is 24.5 Å². The van der Waals surface area contributed by atoms with E-state index < -0.39 is 18.0 Å². The Morgan fingerprint density at radius 1 is 1.33 bits per heavy atom. The van der Waals surface area contributed by atoms with Crippen LogP contribution in [-0.2, 0) is 14.3 Å². The topological polar surface area (TPSA) is 115 Å². The van der Waals surface area contributed by atoms with Crippen molar-refractivity contribution < 1.29 is 23.5 Å². The molecule has 2 fully saturated rings. The zero-order valence-corrected chi connectivity index (χ0v) is 16.7. The van der Waals surface area contributed by atoms with E-state index in [1.54, 1.807) is 18.3 Å². The molecule has 0 radical (unpaired) electrons. The van der Waals surface area contributed by atoms with Gasteiger partial charge in [-0.15, -0.1) is 0 Å². The Morgan fingerprint density at radius 2 is 2.07 bits per heavy atom. The van der Waals surface area contributed by atoms with E-state index in [4.69, 9.17) is 10.00 Å². The second-order valence-electron chi connectivity index (χ2n) is 7.48. The average Bonchev–Trinajstić information content (AvgIpc) is 3.08. The van der Waals surface area contributed by atoms with Gasteiger partial charge in [0.2, 0.25) is 11.8 Å². The molecule has 0 aromatic heterocycles. The van der Waals surface area contributed by atoms with Gasteiger partial charge in [-0.2, -0.15) is 5.26 Å². The number of rotatable bonds is 6. The minimum Gasteiger partial charge on any atom is -0.442 e. The second kappa shape index (κ2) is 9.43. The lowest BCUT2D eigenvalue weighted by Crippen LogP contribution is -2.36. The van der Waals surface area contributed by atoms with Crippen molar-refractivity contribution >= 4 is 29.3 Å². The molecule has 2 aliphatic heterocycles. The third kappa shape index (κ3) is 5.17. The number of hydrogen-bond acceptors (Lipinski definition) is 6. The van der Waals surface area contributed by atoms with Crippen molar-refractivity contribution in [3.05, 3.63) is 24.0 Å². The average molecular weight is 417 g/mol. The van der Waals surface area contributed by atoms with Crippen LogP contribution in [0.1, 0.15) is 26.2 Å². The number of halogens is 1. The van der Waals surface area contributed by atoms with Gasteiger partial charge in [-0.3, -0.25) is 19.8 Å². The van der Waals surface area contributed by atoms with Crippen LogP contribution in [0.4, 0.5) is 20.6 Å². The fourth-order valence-electron chi connectivity index (χ4n) is 3.77. The smallest absolute Gasteiger partial charge is 0.414 e. The fourth-order valence-corrected chi connectivity index (χ4v) is 3.77. The molecule has 2 aliphatic rings. The molecule has 160 valence electrons. The summed E-state index contributed by atoms with van der Waals surface area (Å²) in [5.41, 5.74) is 0.843. The molecule has 2 heterocycles. The fraction of sp³-hybridized carbons (Fsp3) is 0.500. The first-order chi connectivity index (χ1) is 14.4. The number of cyclic esters (lactones) is 1. The van der Waals surface area contributed by atoms with E-state index >= 15 is 0 Å². The Morgan fingerprint density at radius 3 is 2.70 bits per heavy atom. The van der Waals surface area contributed by atoms with Gasteiger partial charge in [-0.25, -0.2) is 9.18 Å². The van der Waals surface area contributed by atoms with Gasteiger partial charge < -0.3 is 15.0 Å². The number of hydrogen-bond donors (Lipinski definition) is 2. The quantitative estimate of drug-likeness (QED) is 0.535. The van der Waals surface area contributed by atoms with Crippen molar-refractivity contribution in [2.24, 2.45) is 5.92 Å². The van der Waals surface area contributed by atoms with Crippen molar-refractivity contribution in [3.8, 4) is 6.19 Å². The molecule has 0 spiro atoms. The number of carbonyl (C=O) groups is 3. The maximum atomic E-state index is 14.8. The predicted octanol–water partition coefficient (Wildman–Crippen LogP) is 1.49. The van der Waals surface area contributed by atoms with Crippen LogP contribution < -0.4 is 20.4 Å². The van der Waals surface area contributed by atoms with E-state index in [1.165, 1.54) is 17.9 Å². The number of piperidine rings is 1. The molecule has 0 unspecified atom stereocenters. The van der Waals surface area contributed by atoms with E-state index in [0.29, 0.717) is 30.9 Å². The van der Waals surface area contributed by atoms with Crippen LogP contribution >= 0.6 is 0 Å². The molecule has 2 N–H and O–H groups in total.